The third kappa shape index (κ3) is 2.36. The maximum atomic E-state index is 12.9. The van der Waals surface area contributed by atoms with E-state index in [4.69, 9.17) is 5.11 Å². The molecule has 1 aliphatic rings. The molecule has 1 aliphatic carbocycles. The van der Waals surface area contributed by atoms with Gasteiger partial charge in [-0.1, -0.05) is 6.07 Å². The van der Waals surface area contributed by atoms with Gasteiger partial charge in [0.15, 0.2) is 11.6 Å². The minimum Gasteiger partial charge on any atom is -0.505 e. The lowest BCUT2D eigenvalue weighted by atomic mass is 10.2. The molecular formula is C11H11F4NO. The fraction of sp³-hybridized carbons (Fsp3) is 0.455. The first-order chi connectivity index (χ1) is 7.84. The zero-order chi connectivity index (χ0) is 12.7. The van der Waals surface area contributed by atoms with Gasteiger partial charge in [0.25, 0.3) is 0 Å². The van der Waals surface area contributed by atoms with E-state index in [1.807, 2.05) is 0 Å². The Morgan fingerprint density at radius 2 is 1.94 bits per heavy atom. The number of hydrogen-bond donors (Lipinski definition) is 2. The molecular weight excluding hydrogens is 238 g/mol. The first-order valence-electron chi connectivity index (χ1n) is 5.13. The van der Waals surface area contributed by atoms with Crippen LogP contribution in [0.4, 0.5) is 17.6 Å². The molecule has 1 aromatic rings. The van der Waals surface area contributed by atoms with Crippen LogP contribution in [0.15, 0.2) is 18.2 Å². The van der Waals surface area contributed by atoms with E-state index >= 15 is 0 Å². The van der Waals surface area contributed by atoms with Crippen molar-refractivity contribution in [2.24, 2.45) is 0 Å². The molecule has 2 rings (SSSR count). The van der Waals surface area contributed by atoms with Gasteiger partial charge in [0, 0.05) is 6.54 Å². The average molecular weight is 249 g/mol. The zero-order valence-electron chi connectivity index (χ0n) is 8.81. The van der Waals surface area contributed by atoms with E-state index in [0.717, 1.165) is 12.1 Å². The van der Waals surface area contributed by atoms with Gasteiger partial charge in [-0.2, -0.15) is 13.2 Å². The van der Waals surface area contributed by atoms with E-state index in [2.05, 4.69) is 5.32 Å². The molecule has 1 fully saturated rings. The standard InChI is InChI=1S/C11H11F4NO/c12-8-5-7(1-2-9(8)17)6-16-10(3-4-10)11(13,14)15/h1-2,5,16-17H,3-4,6H2. The van der Waals surface area contributed by atoms with Gasteiger partial charge in [-0.3, -0.25) is 5.32 Å². The third-order valence-corrected chi connectivity index (χ3v) is 2.94. The minimum absolute atomic E-state index is 0.0526. The van der Waals surface area contributed by atoms with E-state index in [1.165, 1.54) is 6.07 Å². The number of hydrogen-bond acceptors (Lipinski definition) is 2. The van der Waals surface area contributed by atoms with E-state index in [-0.39, 0.29) is 19.4 Å². The molecule has 0 atom stereocenters. The summed E-state index contributed by atoms with van der Waals surface area (Å²) in [6.07, 6.45) is -4.17. The Morgan fingerprint density at radius 1 is 1.29 bits per heavy atom. The molecule has 0 saturated heterocycles. The highest BCUT2D eigenvalue weighted by Gasteiger charge is 2.62. The fourth-order valence-corrected chi connectivity index (χ4v) is 1.62. The van der Waals surface area contributed by atoms with Gasteiger partial charge in [0.05, 0.1) is 0 Å². The first kappa shape index (κ1) is 12.2. The number of phenolic OH excluding ortho intramolecular Hbond substituents is 1. The summed E-state index contributed by atoms with van der Waals surface area (Å²) >= 11 is 0. The largest absolute Gasteiger partial charge is 0.505 e. The lowest BCUT2D eigenvalue weighted by molar-refractivity contribution is -0.166. The van der Waals surface area contributed by atoms with Crippen molar-refractivity contribution in [3.8, 4) is 5.75 Å². The van der Waals surface area contributed by atoms with Crippen LogP contribution in [0.25, 0.3) is 0 Å². The molecule has 0 aliphatic heterocycles. The smallest absolute Gasteiger partial charge is 0.406 e. The highest BCUT2D eigenvalue weighted by molar-refractivity contribution is 5.28. The van der Waals surface area contributed by atoms with Crippen molar-refractivity contribution in [1.82, 2.24) is 5.32 Å². The van der Waals surface area contributed by atoms with Gasteiger partial charge < -0.3 is 5.11 Å². The Morgan fingerprint density at radius 3 is 2.41 bits per heavy atom. The molecule has 0 radical (unpaired) electrons. The highest BCUT2D eigenvalue weighted by Crippen LogP contribution is 2.49. The Hall–Kier alpha value is -1.30. The van der Waals surface area contributed by atoms with Gasteiger partial charge >= 0.3 is 6.18 Å². The quantitative estimate of drug-likeness (QED) is 0.807. The summed E-state index contributed by atoms with van der Waals surface area (Å²) in [5.74, 6) is -1.34. The van der Waals surface area contributed by atoms with E-state index < -0.39 is 23.3 Å². The van der Waals surface area contributed by atoms with Crippen LogP contribution in [0.1, 0.15) is 18.4 Å². The molecule has 0 aromatic heterocycles. The number of alkyl halides is 3. The predicted molar refractivity (Wildman–Crippen MR) is 52.9 cm³/mol. The third-order valence-electron chi connectivity index (χ3n) is 2.94. The van der Waals surface area contributed by atoms with Gasteiger partial charge in [-0.25, -0.2) is 4.39 Å². The van der Waals surface area contributed by atoms with Crippen LogP contribution in [0.3, 0.4) is 0 Å². The Balaban J connectivity index is 2.01. The van der Waals surface area contributed by atoms with Crippen molar-refractivity contribution in [3.63, 3.8) is 0 Å². The van der Waals surface area contributed by atoms with Crippen molar-refractivity contribution < 1.29 is 22.7 Å². The van der Waals surface area contributed by atoms with E-state index in [9.17, 15) is 17.6 Å². The van der Waals surface area contributed by atoms with Crippen molar-refractivity contribution in [1.29, 1.82) is 0 Å². The Kier molecular flexibility index (Phi) is 2.77. The lowest BCUT2D eigenvalue weighted by Crippen LogP contribution is -2.44. The molecule has 6 heteroatoms. The molecule has 0 spiro atoms. The molecule has 0 amide bonds. The molecule has 2 N–H and O–H groups in total. The van der Waals surface area contributed by atoms with Crippen LogP contribution < -0.4 is 5.32 Å². The van der Waals surface area contributed by atoms with Crippen LogP contribution >= 0.6 is 0 Å². The number of benzene rings is 1. The molecule has 1 aromatic carbocycles. The SMILES string of the molecule is Oc1ccc(CNC2(C(F)(F)F)CC2)cc1F. The molecule has 94 valence electrons. The lowest BCUT2D eigenvalue weighted by Gasteiger charge is -2.20. The maximum Gasteiger partial charge on any atom is 0.406 e. The molecule has 0 unspecified atom stereocenters. The summed E-state index contributed by atoms with van der Waals surface area (Å²) in [6.45, 7) is -0.0727. The zero-order valence-corrected chi connectivity index (χ0v) is 8.81. The van der Waals surface area contributed by atoms with Crippen LogP contribution in [-0.4, -0.2) is 16.8 Å². The van der Waals surface area contributed by atoms with E-state index in [1.54, 1.807) is 0 Å². The molecule has 0 bridgehead atoms. The number of phenols is 1. The van der Waals surface area contributed by atoms with Crippen LogP contribution in [0.2, 0.25) is 0 Å². The summed E-state index contributed by atoms with van der Waals surface area (Å²) in [7, 11) is 0. The normalized spacial score (nSPS) is 18.1. The van der Waals surface area contributed by atoms with Gasteiger partial charge in [0.1, 0.15) is 5.54 Å². The van der Waals surface area contributed by atoms with Gasteiger partial charge in [-0.15, -0.1) is 0 Å². The van der Waals surface area contributed by atoms with Crippen LogP contribution in [0, 0.1) is 5.82 Å². The fourth-order valence-electron chi connectivity index (χ4n) is 1.62. The topological polar surface area (TPSA) is 32.3 Å². The number of aromatic hydroxyl groups is 1. The number of rotatable bonds is 3. The molecule has 17 heavy (non-hydrogen) atoms. The summed E-state index contributed by atoms with van der Waals surface area (Å²) in [5.41, 5.74) is -1.43. The highest BCUT2D eigenvalue weighted by atomic mass is 19.4. The van der Waals surface area contributed by atoms with E-state index in [0.29, 0.717) is 5.56 Å². The number of halogens is 4. The first-order valence-corrected chi connectivity index (χ1v) is 5.13. The van der Waals surface area contributed by atoms with Gasteiger partial charge in [-0.05, 0) is 30.5 Å². The van der Waals surface area contributed by atoms with Crippen molar-refractivity contribution >= 4 is 0 Å². The van der Waals surface area contributed by atoms with Crippen LogP contribution in [0.5, 0.6) is 5.75 Å². The second-order valence-electron chi connectivity index (χ2n) is 4.22. The Bertz CT molecular complexity index is 426. The van der Waals surface area contributed by atoms with Crippen LogP contribution in [-0.2, 0) is 6.54 Å². The van der Waals surface area contributed by atoms with Crippen molar-refractivity contribution in [3.05, 3.63) is 29.6 Å². The van der Waals surface area contributed by atoms with Crippen molar-refractivity contribution in [2.75, 3.05) is 0 Å². The summed E-state index contributed by atoms with van der Waals surface area (Å²) in [6, 6.07) is 3.53. The summed E-state index contributed by atoms with van der Waals surface area (Å²) in [4.78, 5) is 0. The minimum atomic E-state index is -4.28. The maximum absolute atomic E-state index is 12.9. The Labute approximate surface area is 95.3 Å². The average Bonchev–Trinajstić information content (AvgIpc) is 3.00. The summed E-state index contributed by atoms with van der Waals surface area (Å²) < 4.78 is 50.6. The molecule has 0 heterocycles. The molecule has 1 saturated carbocycles. The second kappa shape index (κ2) is 3.87. The van der Waals surface area contributed by atoms with Gasteiger partial charge in [0.2, 0.25) is 0 Å². The second-order valence-corrected chi connectivity index (χ2v) is 4.22. The van der Waals surface area contributed by atoms with Crippen molar-refractivity contribution in [2.45, 2.75) is 31.1 Å². The predicted octanol–water partition coefficient (Wildman–Crippen LogP) is 2.72. The summed E-state index contributed by atoms with van der Waals surface area (Å²) in [5, 5.41) is 11.3. The molecule has 2 nitrogen and oxygen atoms in total. The number of nitrogens with one attached hydrogen (secondary N) is 1. The monoisotopic (exact) mass is 249 g/mol.